The molecule has 38 heavy (non-hydrogen) atoms. The molecular formula is C30H39NO7. The van der Waals surface area contributed by atoms with Crippen LogP contribution in [0.25, 0.3) is 0 Å². The van der Waals surface area contributed by atoms with E-state index in [0.717, 1.165) is 29.8 Å². The van der Waals surface area contributed by atoms with Crippen molar-refractivity contribution in [2.24, 2.45) is 10.8 Å². The third kappa shape index (κ3) is 5.51. The standard InChI is InChI=1S/C30H39NO7/c1-7-37-24-12-18(8-9-23(24)38-17-25(34)35)26-27-19(13-29(2,3)15-21(27)32)31(10-11-36-6)20-14-30(4,5)16-22(33)28(20)26/h8-9,12,26H,7,10-11,13-17H2,1-6H3,(H,34,35). The maximum Gasteiger partial charge on any atom is 0.341 e. The van der Waals surface area contributed by atoms with Gasteiger partial charge in [0.1, 0.15) is 0 Å². The number of hydrogen-bond acceptors (Lipinski definition) is 7. The highest BCUT2D eigenvalue weighted by Gasteiger charge is 2.49. The number of allylic oxidation sites excluding steroid dienone is 4. The van der Waals surface area contributed by atoms with Gasteiger partial charge in [-0.05, 0) is 48.3 Å². The molecule has 0 unspecified atom stereocenters. The third-order valence-electron chi connectivity index (χ3n) is 7.49. The molecule has 4 rings (SSSR count). The van der Waals surface area contributed by atoms with Crippen LogP contribution in [0, 0.1) is 10.8 Å². The molecular weight excluding hydrogens is 486 g/mol. The summed E-state index contributed by atoms with van der Waals surface area (Å²) in [6, 6.07) is 5.30. The number of ether oxygens (including phenoxy) is 3. The van der Waals surface area contributed by atoms with Crippen LogP contribution in [0.4, 0.5) is 0 Å². The van der Waals surface area contributed by atoms with E-state index in [-0.39, 0.29) is 22.4 Å². The number of carboxylic acid groups (broad SMARTS) is 1. The van der Waals surface area contributed by atoms with E-state index in [1.807, 2.05) is 13.0 Å². The Labute approximate surface area is 224 Å². The van der Waals surface area contributed by atoms with E-state index in [1.54, 1.807) is 19.2 Å². The number of nitrogens with zero attached hydrogens (tertiary/aromatic N) is 1. The van der Waals surface area contributed by atoms with Crippen LogP contribution in [0.5, 0.6) is 11.5 Å². The van der Waals surface area contributed by atoms with Crippen molar-refractivity contribution < 1.29 is 33.7 Å². The minimum absolute atomic E-state index is 0.0528. The summed E-state index contributed by atoms with van der Waals surface area (Å²) in [6.07, 6.45) is 2.25. The Morgan fingerprint density at radius 3 is 2.03 bits per heavy atom. The fraction of sp³-hybridized carbons (Fsp3) is 0.567. The number of carbonyl (C=O) groups is 3. The summed E-state index contributed by atoms with van der Waals surface area (Å²) < 4.78 is 16.7. The van der Waals surface area contributed by atoms with E-state index in [9.17, 15) is 14.4 Å². The van der Waals surface area contributed by atoms with Crippen molar-refractivity contribution >= 4 is 17.5 Å². The van der Waals surface area contributed by atoms with Gasteiger partial charge in [0.2, 0.25) is 0 Å². The molecule has 1 aromatic rings. The average Bonchev–Trinajstić information content (AvgIpc) is 2.80. The van der Waals surface area contributed by atoms with Crippen LogP contribution >= 0.6 is 0 Å². The highest BCUT2D eigenvalue weighted by molar-refractivity contribution is 6.06. The van der Waals surface area contributed by atoms with E-state index in [1.165, 1.54) is 0 Å². The Bertz CT molecular complexity index is 1150. The fourth-order valence-electron chi connectivity index (χ4n) is 6.06. The number of rotatable bonds is 9. The van der Waals surface area contributed by atoms with E-state index in [0.29, 0.717) is 55.2 Å². The van der Waals surface area contributed by atoms with Gasteiger partial charge in [-0.15, -0.1) is 0 Å². The highest BCUT2D eigenvalue weighted by atomic mass is 16.5. The number of ketones is 2. The van der Waals surface area contributed by atoms with Gasteiger partial charge in [-0.1, -0.05) is 33.8 Å². The third-order valence-corrected chi connectivity index (χ3v) is 7.49. The summed E-state index contributed by atoms with van der Waals surface area (Å²) in [6.45, 7) is 11.2. The molecule has 8 nitrogen and oxygen atoms in total. The molecule has 8 heteroatoms. The van der Waals surface area contributed by atoms with E-state index < -0.39 is 18.5 Å². The van der Waals surface area contributed by atoms with Gasteiger partial charge < -0.3 is 24.2 Å². The Morgan fingerprint density at radius 1 is 0.947 bits per heavy atom. The summed E-state index contributed by atoms with van der Waals surface area (Å²) in [5.74, 6) is -0.793. The smallest absolute Gasteiger partial charge is 0.341 e. The predicted molar refractivity (Wildman–Crippen MR) is 142 cm³/mol. The van der Waals surface area contributed by atoms with Gasteiger partial charge in [0, 0.05) is 55.0 Å². The molecule has 1 aromatic carbocycles. The highest BCUT2D eigenvalue weighted by Crippen LogP contribution is 2.54. The van der Waals surface area contributed by atoms with Crippen LogP contribution in [0.3, 0.4) is 0 Å². The van der Waals surface area contributed by atoms with Crippen molar-refractivity contribution in [2.45, 2.75) is 66.2 Å². The molecule has 0 bridgehead atoms. The first-order chi connectivity index (χ1) is 17.9. The summed E-state index contributed by atoms with van der Waals surface area (Å²) in [5.41, 5.74) is 3.65. The van der Waals surface area contributed by atoms with E-state index in [4.69, 9.17) is 19.3 Å². The molecule has 206 valence electrons. The lowest BCUT2D eigenvalue weighted by atomic mass is 9.63. The molecule has 0 saturated carbocycles. The molecule has 0 aromatic heterocycles. The second kappa shape index (κ2) is 10.6. The number of hydrogen-bond donors (Lipinski definition) is 1. The Hall–Kier alpha value is -3.13. The molecule has 3 aliphatic rings. The van der Waals surface area contributed by atoms with Crippen molar-refractivity contribution in [1.82, 2.24) is 4.90 Å². The molecule has 1 N–H and O–H groups in total. The maximum atomic E-state index is 13.8. The number of benzene rings is 1. The lowest BCUT2D eigenvalue weighted by molar-refractivity contribution is -0.139. The maximum absolute atomic E-state index is 13.8. The van der Waals surface area contributed by atoms with Crippen molar-refractivity contribution in [3.8, 4) is 11.5 Å². The number of carbonyl (C=O) groups excluding carboxylic acids is 2. The first-order valence-corrected chi connectivity index (χ1v) is 13.3. The van der Waals surface area contributed by atoms with Crippen LogP contribution in [0.2, 0.25) is 0 Å². The fourth-order valence-corrected chi connectivity index (χ4v) is 6.06. The number of carboxylic acids is 1. The van der Waals surface area contributed by atoms with Crippen LogP contribution in [0.1, 0.15) is 71.8 Å². The van der Waals surface area contributed by atoms with Gasteiger partial charge in [0.15, 0.2) is 29.7 Å². The van der Waals surface area contributed by atoms with Crippen LogP contribution in [-0.2, 0) is 19.1 Å². The second-order valence-corrected chi connectivity index (χ2v) is 12.0. The average molecular weight is 526 g/mol. The molecule has 0 saturated heterocycles. The Balaban J connectivity index is 1.93. The van der Waals surface area contributed by atoms with Gasteiger partial charge in [-0.3, -0.25) is 9.59 Å². The van der Waals surface area contributed by atoms with Crippen LogP contribution in [0.15, 0.2) is 40.7 Å². The quantitative estimate of drug-likeness (QED) is 0.487. The van der Waals surface area contributed by atoms with Gasteiger partial charge in [0.25, 0.3) is 0 Å². The van der Waals surface area contributed by atoms with Crippen molar-refractivity contribution in [3.05, 3.63) is 46.3 Å². The first kappa shape index (κ1) is 27.9. The summed E-state index contributed by atoms with van der Waals surface area (Å²) in [7, 11) is 1.66. The second-order valence-electron chi connectivity index (χ2n) is 12.0. The van der Waals surface area contributed by atoms with Crippen molar-refractivity contribution in [1.29, 1.82) is 0 Å². The molecule has 0 fully saturated rings. The summed E-state index contributed by atoms with van der Waals surface area (Å²) in [4.78, 5) is 41.0. The molecule has 0 amide bonds. The molecule has 1 heterocycles. The molecule has 2 aliphatic carbocycles. The van der Waals surface area contributed by atoms with Crippen LogP contribution < -0.4 is 9.47 Å². The summed E-state index contributed by atoms with van der Waals surface area (Å²) >= 11 is 0. The van der Waals surface area contributed by atoms with Crippen molar-refractivity contribution in [2.75, 3.05) is 33.5 Å². The van der Waals surface area contributed by atoms with E-state index in [2.05, 4.69) is 32.6 Å². The minimum atomic E-state index is -1.09. The van der Waals surface area contributed by atoms with E-state index >= 15 is 0 Å². The predicted octanol–water partition coefficient (Wildman–Crippen LogP) is 4.88. The van der Waals surface area contributed by atoms with Gasteiger partial charge in [-0.2, -0.15) is 0 Å². The molecule has 0 atom stereocenters. The monoisotopic (exact) mass is 525 g/mol. The Kier molecular flexibility index (Phi) is 7.75. The zero-order chi connectivity index (χ0) is 27.8. The first-order valence-electron chi connectivity index (χ1n) is 13.3. The van der Waals surface area contributed by atoms with Crippen LogP contribution in [-0.4, -0.2) is 61.0 Å². The van der Waals surface area contributed by atoms with Gasteiger partial charge >= 0.3 is 5.97 Å². The lowest BCUT2D eigenvalue weighted by Crippen LogP contribution is -2.45. The lowest BCUT2D eigenvalue weighted by Gasteiger charge is -2.49. The number of aliphatic carboxylic acids is 1. The van der Waals surface area contributed by atoms with Gasteiger partial charge in [0.05, 0.1) is 13.2 Å². The SMILES string of the molecule is CCOc1cc(C2C3=C(CC(C)(C)CC3=O)N(CCOC)C3=C2C(=O)CC(C)(C)C3)ccc1OCC(=O)O. The van der Waals surface area contributed by atoms with Gasteiger partial charge in [-0.25, -0.2) is 4.79 Å². The molecule has 1 aliphatic heterocycles. The number of Topliss-reactive ketones (excluding diaryl/α,β-unsaturated/α-hetero) is 2. The zero-order valence-electron chi connectivity index (χ0n) is 23.3. The van der Waals surface area contributed by atoms with Crippen molar-refractivity contribution in [3.63, 3.8) is 0 Å². The largest absolute Gasteiger partial charge is 0.490 e. The molecule has 0 radical (unpaired) electrons. The Morgan fingerprint density at radius 2 is 1.53 bits per heavy atom. The summed E-state index contributed by atoms with van der Waals surface area (Å²) in [5, 5.41) is 9.08. The normalized spacial score (nSPS) is 20.8. The number of methoxy groups -OCH3 is 1. The minimum Gasteiger partial charge on any atom is -0.490 e. The zero-order valence-corrected chi connectivity index (χ0v) is 23.3. The topological polar surface area (TPSA) is 102 Å². The molecule has 0 spiro atoms.